The van der Waals surface area contributed by atoms with E-state index in [0.717, 1.165) is 21.8 Å². The summed E-state index contributed by atoms with van der Waals surface area (Å²) in [7, 11) is 0. The zero-order valence-electron chi connectivity index (χ0n) is 14.2. The lowest BCUT2D eigenvalue weighted by molar-refractivity contribution is -0.144. The third kappa shape index (κ3) is 3.08. The highest BCUT2D eigenvalue weighted by molar-refractivity contribution is 7.13. The minimum atomic E-state index is -0.363. The van der Waals surface area contributed by atoms with Gasteiger partial charge in [-0.2, -0.15) is 10.1 Å². The minimum Gasteiger partial charge on any atom is -0.459 e. The molecule has 4 aromatic rings. The normalized spacial score (nSPS) is 11.2. The molecule has 0 bridgehead atoms. The summed E-state index contributed by atoms with van der Waals surface area (Å²) in [5, 5.41) is 10.0. The number of carbonyl (C=O) groups is 1. The van der Waals surface area contributed by atoms with Crippen molar-refractivity contribution in [1.29, 1.82) is 0 Å². The molecule has 0 saturated carbocycles. The summed E-state index contributed by atoms with van der Waals surface area (Å²) in [5.74, 6) is 0.817. The zero-order valence-corrected chi connectivity index (χ0v) is 15.0. The minimum absolute atomic E-state index is 0.0603. The van der Waals surface area contributed by atoms with Crippen molar-refractivity contribution in [3.05, 3.63) is 52.6 Å². The molecule has 132 valence electrons. The molecule has 0 aliphatic heterocycles. The van der Waals surface area contributed by atoms with Crippen LogP contribution in [-0.2, 0) is 22.6 Å². The molecule has 0 unspecified atom stereocenters. The molecule has 4 rings (SSSR count). The molecular formula is C17H15N5O3S. The summed E-state index contributed by atoms with van der Waals surface area (Å²) in [6.45, 7) is 3.78. The fourth-order valence-corrected chi connectivity index (χ4v) is 3.35. The van der Waals surface area contributed by atoms with E-state index in [2.05, 4.69) is 20.2 Å². The number of aryl methyl sites for hydroxylation is 2. The van der Waals surface area contributed by atoms with E-state index in [1.165, 1.54) is 6.33 Å². The maximum atomic E-state index is 12.2. The van der Waals surface area contributed by atoms with E-state index in [4.69, 9.17) is 9.26 Å². The molecule has 0 amide bonds. The molecule has 26 heavy (non-hydrogen) atoms. The molecule has 0 aliphatic rings. The topological polar surface area (TPSA) is 95.4 Å². The number of nitrogens with zero attached hydrogens (tertiary/aromatic N) is 5. The van der Waals surface area contributed by atoms with Crippen LogP contribution in [-0.4, -0.2) is 30.7 Å². The lowest BCUT2D eigenvalue weighted by Gasteiger charge is -2.09. The van der Waals surface area contributed by atoms with Gasteiger partial charge in [-0.15, -0.1) is 11.3 Å². The maximum absolute atomic E-state index is 12.2. The van der Waals surface area contributed by atoms with Crippen molar-refractivity contribution in [3.63, 3.8) is 0 Å². The van der Waals surface area contributed by atoms with Crippen molar-refractivity contribution in [3.8, 4) is 10.6 Å². The van der Waals surface area contributed by atoms with Crippen molar-refractivity contribution < 1.29 is 14.1 Å². The molecule has 0 aromatic carbocycles. The second kappa shape index (κ2) is 6.68. The number of aromatic nitrogens is 5. The summed E-state index contributed by atoms with van der Waals surface area (Å²) >= 11 is 1.56. The Morgan fingerprint density at radius 1 is 1.38 bits per heavy atom. The second-order valence-electron chi connectivity index (χ2n) is 5.73. The summed E-state index contributed by atoms with van der Waals surface area (Å²) < 4.78 is 12.2. The Kier molecular flexibility index (Phi) is 4.21. The number of fused-ring (bicyclic) bond motifs is 1. The van der Waals surface area contributed by atoms with E-state index in [1.807, 2.05) is 31.4 Å². The molecule has 0 saturated heterocycles. The average Bonchev–Trinajstić information content (AvgIpc) is 3.37. The first-order valence-corrected chi connectivity index (χ1v) is 8.80. The molecule has 0 fully saturated rings. The van der Waals surface area contributed by atoms with Gasteiger partial charge in [0.25, 0.3) is 5.78 Å². The molecule has 0 aliphatic carbocycles. The fourth-order valence-electron chi connectivity index (χ4n) is 2.68. The Bertz CT molecular complexity index is 1070. The van der Waals surface area contributed by atoms with Crippen molar-refractivity contribution >= 4 is 23.1 Å². The molecule has 4 aromatic heterocycles. The zero-order chi connectivity index (χ0) is 18.1. The van der Waals surface area contributed by atoms with Gasteiger partial charge in [-0.25, -0.2) is 9.50 Å². The standard InChI is InChI=1S/C17H15N5O3S/c1-10-13(11(2)22-17(20-10)18-9-19-22)7-16(23)24-8-12-6-14(25-21-12)15-4-3-5-26-15/h3-6,9H,7-8H2,1-2H3. The molecule has 0 radical (unpaired) electrons. The van der Waals surface area contributed by atoms with Gasteiger partial charge in [0.2, 0.25) is 0 Å². The van der Waals surface area contributed by atoms with E-state index in [1.54, 1.807) is 21.9 Å². The number of carbonyl (C=O) groups excluding carboxylic acids is 1. The Labute approximate surface area is 152 Å². The Hall–Kier alpha value is -3.07. The molecule has 0 atom stereocenters. The predicted molar refractivity (Wildman–Crippen MR) is 93.6 cm³/mol. The monoisotopic (exact) mass is 369 g/mol. The largest absolute Gasteiger partial charge is 0.459 e. The number of thiophene rings is 1. The first-order chi connectivity index (χ1) is 12.6. The highest BCUT2D eigenvalue weighted by atomic mass is 32.1. The third-order valence-electron chi connectivity index (χ3n) is 4.01. The first kappa shape index (κ1) is 16.4. The van der Waals surface area contributed by atoms with E-state index < -0.39 is 0 Å². The summed E-state index contributed by atoms with van der Waals surface area (Å²) in [6, 6.07) is 5.66. The van der Waals surface area contributed by atoms with E-state index in [-0.39, 0.29) is 19.0 Å². The molecular weight excluding hydrogens is 354 g/mol. The highest BCUT2D eigenvalue weighted by Gasteiger charge is 2.16. The molecule has 9 heteroatoms. The van der Waals surface area contributed by atoms with E-state index >= 15 is 0 Å². The smallest absolute Gasteiger partial charge is 0.310 e. The van der Waals surface area contributed by atoms with Gasteiger partial charge in [0.05, 0.1) is 11.3 Å². The van der Waals surface area contributed by atoms with Crippen LogP contribution in [0.3, 0.4) is 0 Å². The lowest BCUT2D eigenvalue weighted by atomic mass is 10.1. The van der Waals surface area contributed by atoms with E-state index in [0.29, 0.717) is 17.2 Å². The van der Waals surface area contributed by atoms with Gasteiger partial charge in [-0.3, -0.25) is 4.79 Å². The van der Waals surface area contributed by atoms with Gasteiger partial charge in [0.1, 0.15) is 18.6 Å². The Morgan fingerprint density at radius 2 is 2.27 bits per heavy atom. The van der Waals surface area contributed by atoms with Crippen LogP contribution in [0.15, 0.2) is 34.4 Å². The van der Waals surface area contributed by atoms with Crippen molar-refractivity contribution in [1.82, 2.24) is 24.7 Å². The molecule has 8 nitrogen and oxygen atoms in total. The van der Waals surface area contributed by atoms with Gasteiger partial charge in [-0.1, -0.05) is 11.2 Å². The van der Waals surface area contributed by atoms with Gasteiger partial charge >= 0.3 is 5.97 Å². The van der Waals surface area contributed by atoms with Gasteiger partial charge in [-0.05, 0) is 25.3 Å². The molecule has 0 spiro atoms. The summed E-state index contributed by atoms with van der Waals surface area (Å²) in [6.07, 6.45) is 1.54. The number of rotatable bonds is 5. The lowest BCUT2D eigenvalue weighted by Crippen LogP contribution is -2.13. The van der Waals surface area contributed by atoms with Gasteiger partial charge in [0, 0.05) is 23.0 Å². The fraction of sp³-hybridized carbons (Fsp3) is 0.235. The molecule has 4 heterocycles. The number of hydrogen-bond acceptors (Lipinski definition) is 8. The summed E-state index contributed by atoms with van der Waals surface area (Å²) in [5.41, 5.74) is 2.91. The van der Waals surface area contributed by atoms with Crippen molar-refractivity contribution in [2.75, 3.05) is 0 Å². The van der Waals surface area contributed by atoms with Crippen LogP contribution in [0.2, 0.25) is 0 Å². The van der Waals surface area contributed by atoms with Crippen LogP contribution >= 0.6 is 11.3 Å². The SMILES string of the molecule is Cc1nc2ncnn2c(C)c1CC(=O)OCc1cc(-c2cccs2)on1. The van der Waals surface area contributed by atoms with Gasteiger partial charge in [0.15, 0.2) is 5.76 Å². The number of ether oxygens (including phenoxy) is 1. The van der Waals surface area contributed by atoms with Gasteiger partial charge < -0.3 is 9.26 Å². The van der Waals surface area contributed by atoms with Crippen LogP contribution in [0, 0.1) is 13.8 Å². The molecule has 0 N–H and O–H groups in total. The Balaban J connectivity index is 1.43. The number of esters is 1. The van der Waals surface area contributed by atoms with Crippen LogP contribution < -0.4 is 0 Å². The van der Waals surface area contributed by atoms with Crippen LogP contribution in [0.5, 0.6) is 0 Å². The van der Waals surface area contributed by atoms with Crippen LogP contribution in [0.25, 0.3) is 16.4 Å². The number of hydrogen-bond donors (Lipinski definition) is 0. The quantitative estimate of drug-likeness (QED) is 0.499. The Morgan fingerprint density at radius 3 is 3.08 bits per heavy atom. The second-order valence-corrected chi connectivity index (χ2v) is 6.68. The predicted octanol–water partition coefficient (Wildman–Crippen LogP) is 2.74. The van der Waals surface area contributed by atoms with Crippen molar-refractivity contribution in [2.24, 2.45) is 0 Å². The third-order valence-corrected chi connectivity index (χ3v) is 4.90. The summed E-state index contributed by atoms with van der Waals surface area (Å²) in [4.78, 5) is 21.7. The van der Waals surface area contributed by atoms with E-state index in [9.17, 15) is 4.79 Å². The first-order valence-electron chi connectivity index (χ1n) is 7.92. The van der Waals surface area contributed by atoms with Crippen LogP contribution in [0.1, 0.15) is 22.6 Å². The van der Waals surface area contributed by atoms with Crippen molar-refractivity contribution in [2.45, 2.75) is 26.9 Å². The van der Waals surface area contributed by atoms with Crippen LogP contribution in [0.4, 0.5) is 0 Å². The average molecular weight is 369 g/mol. The highest BCUT2D eigenvalue weighted by Crippen LogP contribution is 2.25. The maximum Gasteiger partial charge on any atom is 0.310 e.